The number of carbonyl (C=O) groups is 1. The minimum atomic E-state index is -0.374. The zero-order valence-corrected chi connectivity index (χ0v) is 12.4. The van der Waals surface area contributed by atoms with Crippen LogP contribution in [0, 0.1) is 6.92 Å². The number of pyridine rings is 1. The lowest BCUT2D eigenvalue weighted by atomic mass is 10.2. The molecule has 0 fully saturated rings. The first-order valence-corrected chi connectivity index (χ1v) is 6.72. The number of hydrogen-bond donors (Lipinski definition) is 2. The van der Waals surface area contributed by atoms with Crippen molar-refractivity contribution in [3.63, 3.8) is 0 Å². The van der Waals surface area contributed by atoms with Crippen LogP contribution in [0.15, 0.2) is 42.6 Å². The van der Waals surface area contributed by atoms with Crippen molar-refractivity contribution in [1.82, 2.24) is 4.98 Å². The summed E-state index contributed by atoms with van der Waals surface area (Å²) < 4.78 is 4.99. The van der Waals surface area contributed by atoms with E-state index in [-0.39, 0.29) is 11.9 Å². The number of aromatic nitrogens is 1. The second kappa shape index (κ2) is 6.74. The maximum atomic E-state index is 12.1. The maximum absolute atomic E-state index is 12.1. The molecule has 5 nitrogen and oxygen atoms in total. The lowest BCUT2D eigenvalue weighted by Gasteiger charge is -2.15. The normalized spacial score (nSPS) is 11.6. The molecule has 110 valence electrons. The molecular weight excluding hydrogens is 266 g/mol. The molecule has 1 aromatic heterocycles. The molecule has 1 heterocycles. The van der Waals surface area contributed by atoms with Gasteiger partial charge in [0.05, 0.1) is 19.0 Å². The first kappa shape index (κ1) is 14.8. The van der Waals surface area contributed by atoms with Gasteiger partial charge in [-0.25, -0.2) is 4.98 Å². The highest BCUT2D eigenvalue weighted by Crippen LogP contribution is 2.13. The molecule has 0 saturated carbocycles. The number of benzene rings is 1. The molecule has 0 aliphatic rings. The molecular formula is C16H19N3O2. The number of methoxy groups -OCH3 is 1. The lowest BCUT2D eigenvalue weighted by Crippen LogP contribution is -2.31. The monoisotopic (exact) mass is 285 g/mol. The molecule has 2 rings (SSSR count). The number of amides is 1. The molecule has 0 saturated heterocycles. The smallest absolute Gasteiger partial charge is 0.246 e. The van der Waals surface area contributed by atoms with Gasteiger partial charge in [0, 0.05) is 11.8 Å². The summed E-state index contributed by atoms with van der Waals surface area (Å²) >= 11 is 0. The van der Waals surface area contributed by atoms with Crippen LogP contribution in [0.25, 0.3) is 0 Å². The highest BCUT2D eigenvalue weighted by molar-refractivity contribution is 5.96. The summed E-state index contributed by atoms with van der Waals surface area (Å²) in [5.41, 5.74) is 2.66. The summed E-state index contributed by atoms with van der Waals surface area (Å²) in [5.74, 6) is 0.439. The van der Waals surface area contributed by atoms with E-state index in [9.17, 15) is 4.79 Å². The van der Waals surface area contributed by atoms with Crippen LogP contribution in [0.2, 0.25) is 0 Å². The van der Waals surface area contributed by atoms with Gasteiger partial charge in [0.1, 0.15) is 6.04 Å². The van der Waals surface area contributed by atoms with Crippen molar-refractivity contribution in [3.8, 4) is 5.88 Å². The molecule has 5 heteroatoms. The van der Waals surface area contributed by atoms with Crippen LogP contribution in [-0.2, 0) is 4.79 Å². The van der Waals surface area contributed by atoms with Gasteiger partial charge in [-0.2, -0.15) is 0 Å². The van der Waals surface area contributed by atoms with Gasteiger partial charge >= 0.3 is 0 Å². The number of nitrogens with zero attached hydrogens (tertiary/aromatic N) is 1. The Bertz CT molecular complexity index is 611. The third-order valence-electron chi connectivity index (χ3n) is 3.01. The summed E-state index contributed by atoms with van der Waals surface area (Å²) in [5, 5.41) is 5.98. The van der Waals surface area contributed by atoms with E-state index in [2.05, 4.69) is 15.6 Å². The molecule has 0 spiro atoms. The van der Waals surface area contributed by atoms with E-state index in [1.807, 2.05) is 37.3 Å². The summed E-state index contributed by atoms with van der Waals surface area (Å²) in [6, 6.07) is 10.9. The maximum Gasteiger partial charge on any atom is 0.246 e. The average molecular weight is 285 g/mol. The zero-order valence-electron chi connectivity index (χ0n) is 12.4. The van der Waals surface area contributed by atoms with Gasteiger partial charge in [-0.05, 0) is 37.6 Å². The number of rotatable bonds is 5. The molecule has 1 aromatic carbocycles. The number of hydrogen-bond acceptors (Lipinski definition) is 4. The van der Waals surface area contributed by atoms with Crippen molar-refractivity contribution in [1.29, 1.82) is 0 Å². The van der Waals surface area contributed by atoms with Crippen LogP contribution < -0.4 is 15.4 Å². The minimum Gasteiger partial charge on any atom is -0.481 e. The second-order valence-electron chi connectivity index (χ2n) is 4.81. The van der Waals surface area contributed by atoms with E-state index in [1.54, 1.807) is 26.3 Å². The van der Waals surface area contributed by atoms with Gasteiger partial charge in [-0.1, -0.05) is 12.1 Å². The van der Waals surface area contributed by atoms with E-state index in [4.69, 9.17) is 4.74 Å². The summed E-state index contributed by atoms with van der Waals surface area (Å²) in [7, 11) is 1.56. The third-order valence-corrected chi connectivity index (χ3v) is 3.01. The van der Waals surface area contributed by atoms with Crippen LogP contribution in [0.4, 0.5) is 11.4 Å². The van der Waals surface area contributed by atoms with Crippen LogP contribution >= 0.6 is 0 Å². The largest absolute Gasteiger partial charge is 0.481 e. The van der Waals surface area contributed by atoms with Gasteiger partial charge in [0.15, 0.2) is 0 Å². The van der Waals surface area contributed by atoms with E-state index in [0.29, 0.717) is 5.88 Å². The summed E-state index contributed by atoms with van der Waals surface area (Å²) in [4.78, 5) is 16.2. The summed E-state index contributed by atoms with van der Waals surface area (Å²) in [6.45, 7) is 3.79. The van der Waals surface area contributed by atoms with Gasteiger partial charge < -0.3 is 15.4 Å². The molecule has 1 amide bonds. The van der Waals surface area contributed by atoms with E-state index in [1.165, 1.54) is 0 Å². The van der Waals surface area contributed by atoms with Crippen molar-refractivity contribution < 1.29 is 9.53 Å². The Kier molecular flexibility index (Phi) is 4.77. The van der Waals surface area contributed by atoms with Gasteiger partial charge in [0.25, 0.3) is 0 Å². The van der Waals surface area contributed by atoms with Gasteiger partial charge in [-0.3, -0.25) is 4.79 Å². The fraction of sp³-hybridized carbons (Fsp3) is 0.250. The Morgan fingerprint density at radius 2 is 2.05 bits per heavy atom. The van der Waals surface area contributed by atoms with Crippen molar-refractivity contribution >= 4 is 17.3 Å². The van der Waals surface area contributed by atoms with Crippen molar-refractivity contribution in [2.75, 3.05) is 17.7 Å². The standard InChI is InChI=1S/C16H19N3O2/c1-11-5-4-6-13(9-11)19-16(20)12(2)18-14-7-8-15(21-3)17-10-14/h4-10,12,18H,1-3H3,(H,19,20). The van der Waals surface area contributed by atoms with Crippen molar-refractivity contribution in [3.05, 3.63) is 48.2 Å². The molecule has 21 heavy (non-hydrogen) atoms. The molecule has 2 N–H and O–H groups in total. The van der Waals surface area contributed by atoms with Crippen LogP contribution in [0.3, 0.4) is 0 Å². The predicted octanol–water partition coefficient (Wildman–Crippen LogP) is 2.84. The number of nitrogens with one attached hydrogen (secondary N) is 2. The minimum absolute atomic E-state index is 0.101. The van der Waals surface area contributed by atoms with Crippen LogP contribution in [-0.4, -0.2) is 24.0 Å². The molecule has 0 radical (unpaired) electrons. The average Bonchev–Trinajstić information content (AvgIpc) is 2.48. The molecule has 1 unspecified atom stereocenters. The fourth-order valence-electron chi connectivity index (χ4n) is 1.88. The lowest BCUT2D eigenvalue weighted by molar-refractivity contribution is -0.116. The Balaban J connectivity index is 1.95. The zero-order chi connectivity index (χ0) is 15.2. The van der Waals surface area contributed by atoms with Crippen LogP contribution in [0.1, 0.15) is 12.5 Å². The first-order chi connectivity index (χ1) is 10.1. The topological polar surface area (TPSA) is 63.2 Å². The van der Waals surface area contributed by atoms with E-state index in [0.717, 1.165) is 16.9 Å². The fourth-order valence-corrected chi connectivity index (χ4v) is 1.88. The van der Waals surface area contributed by atoms with Crippen molar-refractivity contribution in [2.45, 2.75) is 19.9 Å². The third kappa shape index (κ3) is 4.21. The van der Waals surface area contributed by atoms with Crippen molar-refractivity contribution in [2.24, 2.45) is 0 Å². The highest BCUT2D eigenvalue weighted by Gasteiger charge is 2.13. The number of aryl methyl sites for hydroxylation is 1. The second-order valence-corrected chi connectivity index (χ2v) is 4.81. The Labute approximate surface area is 124 Å². The SMILES string of the molecule is COc1ccc(NC(C)C(=O)Nc2cccc(C)c2)cn1. The van der Waals surface area contributed by atoms with E-state index >= 15 is 0 Å². The van der Waals surface area contributed by atoms with Crippen LogP contribution in [0.5, 0.6) is 5.88 Å². The molecule has 0 aliphatic carbocycles. The first-order valence-electron chi connectivity index (χ1n) is 6.72. The Hall–Kier alpha value is -2.56. The molecule has 2 aromatic rings. The molecule has 0 bridgehead atoms. The molecule has 1 atom stereocenters. The highest BCUT2D eigenvalue weighted by atomic mass is 16.5. The Morgan fingerprint density at radius 1 is 1.24 bits per heavy atom. The Morgan fingerprint density at radius 3 is 2.67 bits per heavy atom. The van der Waals surface area contributed by atoms with Gasteiger partial charge in [-0.15, -0.1) is 0 Å². The summed E-state index contributed by atoms with van der Waals surface area (Å²) in [6.07, 6.45) is 1.63. The van der Waals surface area contributed by atoms with E-state index < -0.39 is 0 Å². The number of anilines is 2. The number of ether oxygens (including phenoxy) is 1. The van der Waals surface area contributed by atoms with Gasteiger partial charge in [0.2, 0.25) is 11.8 Å². The quantitative estimate of drug-likeness (QED) is 0.886. The predicted molar refractivity (Wildman–Crippen MR) is 83.7 cm³/mol. The molecule has 0 aliphatic heterocycles. The number of carbonyl (C=O) groups excluding carboxylic acids is 1.